The Hall–Kier alpha value is -1.40. The molecule has 1 saturated heterocycles. The van der Waals surface area contributed by atoms with Gasteiger partial charge in [-0.2, -0.15) is 4.98 Å². The maximum atomic E-state index is 5.83. The standard InChI is InChI=1S/C13H20N4O2.C2H6/c1-9-8-18-4-3-17(9)12-7-15-11-6-14-5-10(2)19-13(11)16-12;1-2/h7,9-10,14H,3-6,8H2,1-2H3;1-2H3/t9-,10?;/m1./s1. The van der Waals surface area contributed by atoms with Gasteiger partial charge in [0.25, 0.3) is 0 Å². The summed E-state index contributed by atoms with van der Waals surface area (Å²) in [5, 5.41) is 3.30. The van der Waals surface area contributed by atoms with Gasteiger partial charge in [0, 0.05) is 19.6 Å². The lowest BCUT2D eigenvalue weighted by molar-refractivity contribution is 0.0983. The molecule has 1 N–H and O–H groups in total. The minimum atomic E-state index is 0.118. The van der Waals surface area contributed by atoms with Gasteiger partial charge >= 0.3 is 0 Å². The van der Waals surface area contributed by atoms with Crippen molar-refractivity contribution in [3.8, 4) is 5.88 Å². The van der Waals surface area contributed by atoms with E-state index in [2.05, 4.69) is 27.1 Å². The zero-order valence-electron chi connectivity index (χ0n) is 13.4. The van der Waals surface area contributed by atoms with Gasteiger partial charge in [0.1, 0.15) is 11.8 Å². The van der Waals surface area contributed by atoms with E-state index < -0.39 is 0 Å². The van der Waals surface area contributed by atoms with Crippen molar-refractivity contribution < 1.29 is 9.47 Å². The molecule has 1 aromatic rings. The maximum Gasteiger partial charge on any atom is 0.239 e. The highest BCUT2D eigenvalue weighted by atomic mass is 16.5. The van der Waals surface area contributed by atoms with Gasteiger partial charge in [-0.05, 0) is 13.8 Å². The highest BCUT2D eigenvalue weighted by molar-refractivity contribution is 5.41. The molecule has 0 bridgehead atoms. The van der Waals surface area contributed by atoms with Crippen molar-refractivity contribution in [2.24, 2.45) is 0 Å². The molecule has 2 aliphatic rings. The van der Waals surface area contributed by atoms with Crippen LogP contribution in [0, 0.1) is 0 Å². The van der Waals surface area contributed by atoms with Gasteiger partial charge in [0.05, 0.1) is 25.5 Å². The van der Waals surface area contributed by atoms with Crippen LogP contribution in [-0.4, -0.2) is 48.4 Å². The lowest BCUT2D eigenvalue weighted by atomic mass is 10.2. The Morgan fingerprint density at radius 3 is 2.90 bits per heavy atom. The van der Waals surface area contributed by atoms with Gasteiger partial charge in [0.15, 0.2) is 5.82 Å². The highest BCUT2D eigenvalue weighted by Crippen LogP contribution is 2.23. The van der Waals surface area contributed by atoms with E-state index in [-0.39, 0.29) is 6.10 Å². The largest absolute Gasteiger partial charge is 0.472 e. The fourth-order valence-electron chi connectivity index (χ4n) is 2.44. The molecule has 3 rings (SSSR count). The molecule has 1 unspecified atom stereocenters. The molecule has 0 aromatic carbocycles. The van der Waals surface area contributed by atoms with Gasteiger partial charge in [0.2, 0.25) is 5.88 Å². The molecule has 21 heavy (non-hydrogen) atoms. The Morgan fingerprint density at radius 2 is 2.14 bits per heavy atom. The summed E-state index contributed by atoms with van der Waals surface area (Å²) in [5.41, 5.74) is 0.883. The van der Waals surface area contributed by atoms with Crippen LogP contribution in [0.3, 0.4) is 0 Å². The van der Waals surface area contributed by atoms with Crippen LogP contribution in [0.15, 0.2) is 6.20 Å². The quantitative estimate of drug-likeness (QED) is 0.849. The van der Waals surface area contributed by atoms with Crippen LogP contribution in [0.1, 0.15) is 33.4 Å². The monoisotopic (exact) mass is 294 g/mol. The van der Waals surface area contributed by atoms with Gasteiger partial charge in [-0.25, -0.2) is 0 Å². The number of hydrogen-bond acceptors (Lipinski definition) is 6. The summed E-state index contributed by atoms with van der Waals surface area (Å²) in [6.07, 6.45) is 1.95. The SMILES string of the molecule is CC.CC1CNCc2ncc(N3CCOC[C@H]3C)nc2O1. The summed E-state index contributed by atoms with van der Waals surface area (Å²) >= 11 is 0. The van der Waals surface area contributed by atoms with E-state index in [9.17, 15) is 0 Å². The second-order valence-electron chi connectivity index (χ2n) is 5.16. The molecule has 0 aliphatic carbocycles. The predicted octanol–water partition coefficient (Wildman–Crippen LogP) is 1.60. The molecule has 0 radical (unpaired) electrons. The fraction of sp³-hybridized carbons (Fsp3) is 0.733. The Balaban J connectivity index is 0.000000774. The molecule has 1 aromatic heterocycles. The van der Waals surface area contributed by atoms with Crippen LogP contribution in [0.2, 0.25) is 0 Å². The van der Waals surface area contributed by atoms with Crippen LogP contribution in [-0.2, 0) is 11.3 Å². The molecule has 0 amide bonds. The molecule has 6 heteroatoms. The summed E-state index contributed by atoms with van der Waals surface area (Å²) in [7, 11) is 0. The fourth-order valence-corrected chi connectivity index (χ4v) is 2.44. The topological polar surface area (TPSA) is 59.5 Å². The average molecular weight is 294 g/mol. The minimum Gasteiger partial charge on any atom is -0.472 e. The lowest BCUT2D eigenvalue weighted by Gasteiger charge is -2.34. The van der Waals surface area contributed by atoms with E-state index in [1.54, 1.807) is 0 Å². The third kappa shape index (κ3) is 3.83. The van der Waals surface area contributed by atoms with Gasteiger partial charge in [-0.15, -0.1) is 0 Å². The van der Waals surface area contributed by atoms with Crippen molar-refractivity contribution in [1.29, 1.82) is 0 Å². The number of hydrogen-bond donors (Lipinski definition) is 1. The van der Waals surface area contributed by atoms with E-state index in [1.807, 2.05) is 27.0 Å². The number of aromatic nitrogens is 2. The number of morpholine rings is 1. The molecule has 0 saturated carbocycles. The Morgan fingerprint density at radius 1 is 1.33 bits per heavy atom. The number of nitrogens with zero attached hydrogens (tertiary/aromatic N) is 3. The number of fused-ring (bicyclic) bond motifs is 1. The maximum absolute atomic E-state index is 5.83. The smallest absolute Gasteiger partial charge is 0.239 e. The van der Waals surface area contributed by atoms with Crippen molar-refractivity contribution in [2.45, 2.75) is 46.4 Å². The summed E-state index contributed by atoms with van der Waals surface area (Å²) in [5.74, 6) is 1.54. The van der Waals surface area contributed by atoms with E-state index >= 15 is 0 Å². The average Bonchev–Trinajstić information content (AvgIpc) is 2.69. The third-order valence-electron chi connectivity index (χ3n) is 3.50. The molecule has 2 aliphatic heterocycles. The van der Waals surface area contributed by atoms with Gasteiger partial charge in [-0.1, -0.05) is 13.8 Å². The highest BCUT2D eigenvalue weighted by Gasteiger charge is 2.23. The van der Waals surface area contributed by atoms with Crippen LogP contribution in [0.5, 0.6) is 5.88 Å². The molecular weight excluding hydrogens is 268 g/mol. The lowest BCUT2D eigenvalue weighted by Crippen LogP contribution is -2.44. The molecule has 1 fully saturated rings. The zero-order valence-corrected chi connectivity index (χ0v) is 13.4. The van der Waals surface area contributed by atoms with Crippen LogP contribution in [0.25, 0.3) is 0 Å². The van der Waals surface area contributed by atoms with Crippen molar-refractivity contribution in [1.82, 2.24) is 15.3 Å². The first-order valence-electron chi connectivity index (χ1n) is 7.81. The van der Waals surface area contributed by atoms with E-state index in [0.29, 0.717) is 18.5 Å². The molecule has 0 spiro atoms. The molecular formula is C15H26N4O2. The van der Waals surface area contributed by atoms with E-state index in [0.717, 1.165) is 37.8 Å². The molecule has 2 atom stereocenters. The normalized spacial score (nSPS) is 25.0. The summed E-state index contributed by atoms with van der Waals surface area (Å²) in [6.45, 7) is 12.0. The Kier molecular flexibility index (Phi) is 5.76. The van der Waals surface area contributed by atoms with Crippen LogP contribution in [0.4, 0.5) is 5.82 Å². The van der Waals surface area contributed by atoms with Gasteiger partial charge < -0.3 is 19.7 Å². The number of nitrogens with one attached hydrogen (secondary N) is 1. The first-order chi connectivity index (χ1) is 10.2. The summed E-state index contributed by atoms with van der Waals surface area (Å²) in [6, 6.07) is 0.322. The van der Waals surface area contributed by atoms with Crippen molar-refractivity contribution in [3.05, 3.63) is 11.9 Å². The third-order valence-corrected chi connectivity index (χ3v) is 3.50. The first-order valence-corrected chi connectivity index (χ1v) is 7.81. The van der Waals surface area contributed by atoms with E-state index in [1.165, 1.54) is 0 Å². The number of ether oxygens (including phenoxy) is 2. The van der Waals surface area contributed by atoms with Crippen molar-refractivity contribution in [3.63, 3.8) is 0 Å². The Bertz CT molecular complexity index is 455. The van der Waals surface area contributed by atoms with Crippen molar-refractivity contribution >= 4 is 5.82 Å². The van der Waals surface area contributed by atoms with Gasteiger partial charge in [-0.3, -0.25) is 4.98 Å². The summed E-state index contributed by atoms with van der Waals surface area (Å²) < 4.78 is 11.3. The molecule has 118 valence electrons. The zero-order chi connectivity index (χ0) is 15.2. The van der Waals surface area contributed by atoms with Crippen LogP contribution < -0.4 is 15.0 Å². The minimum absolute atomic E-state index is 0.118. The Labute approximate surface area is 126 Å². The first kappa shape index (κ1) is 16.0. The molecule has 6 nitrogen and oxygen atoms in total. The predicted molar refractivity (Wildman–Crippen MR) is 82.8 cm³/mol. The van der Waals surface area contributed by atoms with Crippen LogP contribution >= 0.6 is 0 Å². The van der Waals surface area contributed by atoms with Crippen molar-refractivity contribution in [2.75, 3.05) is 31.2 Å². The molecule has 3 heterocycles. The summed E-state index contributed by atoms with van der Waals surface area (Å²) in [4.78, 5) is 11.4. The second-order valence-corrected chi connectivity index (χ2v) is 5.16. The second kappa shape index (κ2) is 7.56. The van der Waals surface area contributed by atoms with E-state index in [4.69, 9.17) is 9.47 Å². The number of rotatable bonds is 1. The number of anilines is 1.